The van der Waals surface area contributed by atoms with E-state index in [9.17, 15) is 9.18 Å². The molecule has 1 aliphatic heterocycles. The number of halogens is 1. The van der Waals surface area contributed by atoms with Crippen molar-refractivity contribution < 1.29 is 9.18 Å². The molecule has 7 heteroatoms. The average molecular weight is 360 g/mol. The van der Waals surface area contributed by atoms with Crippen molar-refractivity contribution in [3.05, 3.63) is 57.5 Å². The summed E-state index contributed by atoms with van der Waals surface area (Å²) < 4.78 is 13.8. The van der Waals surface area contributed by atoms with Crippen molar-refractivity contribution >= 4 is 23.5 Å². The first-order valence-electron chi connectivity index (χ1n) is 8.16. The number of carbonyl (C=O) groups excluding carboxylic acids is 1. The summed E-state index contributed by atoms with van der Waals surface area (Å²) in [6, 6.07) is 8.32. The minimum Gasteiger partial charge on any atom is -0.348 e. The molecule has 0 saturated carbocycles. The van der Waals surface area contributed by atoms with E-state index in [2.05, 4.69) is 10.4 Å². The van der Waals surface area contributed by atoms with E-state index in [4.69, 9.17) is 5.73 Å². The molecule has 5 nitrogen and oxygen atoms in total. The summed E-state index contributed by atoms with van der Waals surface area (Å²) in [7, 11) is 1.92. The number of benzene rings is 1. The normalized spacial score (nSPS) is 17.7. The van der Waals surface area contributed by atoms with Gasteiger partial charge < -0.3 is 11.1 Å². The summed E-state index contributed by atoms with van der Waals surface area (Å²) in [6.45, 7) is 0.246. The molecule has 1 aromatic heterocycles. The van der Waals surface area contributed by atoms with Gasteiger partial charge in [0.05, 0.1) is 11.6 Å². The second-order valence-electron chi connectivity index (χ2n) is 6.06. The van der Waals surface area contributed by atoms with Crippen LogP contribution in [0.15, 0.2) is 40.8 Å². The molecule has 0 radical (unpaired) electrons. The predicted molar refractivity (Wildman–Crippen MR) is 98.3 cm³/mol. The second kappa shape index (κ2) is 7.76. The Balaban J connectivity index is 1.64. The lowest BCUT2D eigenvalue weighted by atomic mass is 10.0. The molecule has 0 bridgehead atoms. The molecular weight excluding hydrogens is 339 g/mol. The number of hydrogen-bond donors (Lipinski definition) is 2. The Bertz CT molecular complexity index is 776. The van der Waals surface area contributed by atoms with Crippen LogP contribution in [0.2, 0.25) is 0 Å². The molecule has 1 aromatic carbocycles. The molecule has 0 saturated heterocycles. The van der Waals surface area contributed by atoms with Crippen LogP contribution in [0.5, 0.6) is 0 Å². The highest BCUT2D eigenvalue weighted by Gasteiger charge is 2.23. The van der Waals surface area contributed by atoms with E-state index in [0.717, 1.165) is 11.3 Å². The number of hydrogen-bond acceptors (Lipinski definition) is 5. The lowest BCUT2D eigenvalue weighted by Gasteiger charge is -2.17. The SMILES string of the molecule is CN1N=CCC1c1cc(C(=O)N[C@H](CN)Cc2ccccc2F)cs1. The van der Waals surface area contributed by atoms with Gasteiger partial charge >= 0.3 is 0 Å². The van der Waals surface area contributed by atoms with Crippen LogP contribution in [-0.2, 0) is 6.42 Å². The van der Waals surface area contributed by atoms with Crippen molar-refractivity contribution in [2.75, 3.05) is 13.6 Å². The van der Waals surface area contributed by atoms with E-state index in [0.29, 0.717) is 17.5 Å². The molecule has 0 aliphatic carbocycles. The van der Waals surface area contributed by atoms with E-state index >= 15 is 0 Å². The molecule has 3 N–H and O–H groups in total. The summed E-state index contributed by atoms with van der Waals surface area (Å²) in [4.78, 5) is 13.6. The maximum Gasteiger partial charge on any atom is 0.252 e. The summed E-state index contributed by atoms with van der Waals surface area (Å²) in [6.07, 6.45) is 3.09. The van der Waals surface area contributed by atoms with Crippen LogP contribution >= 0.6 is 11.3 Å². The summed E-state index contributed by atoms with van der Waals surface area (Å²) >= 11 is 1.55. The van der Waals surface area contributed by atoms with Crippen LogP contribution in [-0.4, -0.2) is 36.8 Å². The van der Waals surface area contributed by atoms with Crippen LogP contribution in [0.4, 0.5) is 4.39 Å². The maximum absolute atomic E-state index is 13.8. The Morgan fingerprint density at radius 2 is 2.32 bits per heavy atom. The number of amides is 1. The number of rotatable bonds is 6. The number of nitrogens with zero attached hydrogens (tertiary/aromatic N) is 2. The third-order valence-corrected chi connectivity index (χ3v) is 5.33. The summed E-state index contributed by atoms with van der Waals surface area (Å²) in [5.41, 5.74) is 6.92. The van der Waals surface area contributed by atoms with Crippen LogP contribution in [0.25, 0.3) is 0 Å². The quantitative estimate of drug-likeness (QED) is 0.832. The molecule has 2 atom stereocenters. The van der Waals surface area contributed by atoms with Gasteiger partial charge in [-0.25, -0.2) is 4.39 Å². The van der Waals surface area contributed by atoms with Crippen molar-refractivity contribution in [1.29, 1.82) is 0 Å². The Labute approximate surface area is 150 Å². The van der Waals surface area contributed by atoms with Gasteiger partial charge in [-0.1, -0.05) is 18.2 Å². The van der Waals surface area contributed by atoms with Gasteiger partial charge in [-0.05, 0) is 24.1 Å². The van der Waals surface area contributed by atoms with Crippen molar-refractivity contribution in [3.8, 4) is 0 Å². The van der Waals surface area contributed by atoms with Crippen molar-refractivity contribution in [2.24, 2.45) is 10.8 Å². The fourth-order valence-corrected chi connectivity index (χ4v) is 3.89. The van der Waals surface area contributed by atoms with Crippen molar-refractivity contribution in [1.82, 2.24) is 10.3 Å². The fraction of sp³-hybridized carbons (Fsp3) is 0.333. The molecule has 2 heterocycles. The molecule has 1 amide bonds. The number of carbonyl (C=O) groups is 1. The third kappa shape index (κ3) is 4.05. The van der Waals surface area contributed by atoms with Crippen molar-refractivity contribution in [2.45, 2.75) is 24.9 Å². The molecule has 1 aliphatic rings. The Morgan fingerprint density at radius 1 is 1.52 bits per heavy atom. The van der Waals surface area contributed by atoms with E-state index in [1.165, 1.54) is 6.07 Å². The molecule has 1 unspecified atom stereocenters. The van der Waals surface area contributed by atoms with Gasteiger partial charge in [0.1, 0.15) is 5.82 Å². The van der Waals surface area contributed by atoms with E-state index in [1.807, 2.05) is 29.7 Å². The highest BCUT2D eigenvalue weighted by Crippen LogP contribution is 2.31. The van der Waals surface area contributed by atoms with Gasteiger partial charge in [-0.15, -0.1) is 11.3 Å². The van der Waals surface area contributed by atoms with Gasteiger partial charge in [-0.3, -0.25) is 9.80 Å². The zero-order valence-electron chi connectivity index (χ0n) is 14.0. The molecule has 132 valence electrons. The topological polar surface area (TPSA) is 70.7 Å². The minimum atomic E-state index is -0.315. The third-order valence-electron chi connectivity index (χ3n) is 4.30. The Kier molecular flexibility index (Phi) is 5.45. The largest absolute Gasteiger partial charge is 0.348 e. The van der Waals surface area contributed by atoms with Crippen molar-refractivity contribution in [3.63, 3.8) is 0 Å². The molecule has 25 heavy (non-hydrogen) atoms. The summed E-state index contributed by atoms with van der Waals surface area (Å²) in [5, 5.41) is 10.9. The van der Waals surface area contributed by atoms with Gasteiger partial charge in [0.15, 0.2) is 0 Å². The molecule has 0 spiro atoms. The monoisotopic (exact) mass is 360 g/mol. The van der Waals surface area contributed by atoms with Crippen LogP contribution < -0.4 is 11.1 Å². The first-order valence-corrected chi connectivity index (χ1v) is 9.04. The lowest BCUT2D eigenvalue weighted by molar-refractivity contribution is 0.0938. The van der Waals surface area contributed by atoms with Crippen LogP contribution in [0.3, 0.4) is 0 Å². The highest BCUT2D eigenvalue weighted by atomic mass is 32.1. The van der Waals surface area contributed by atoms with E-state index in [-0.39, 0.29) is 30.4 Å². The molecular formula is C18H21FN4OS. The number of hydrazone groups is 1. The van der Waals surface area contributed by atoms with Gasteiger partial charge in [-0.2, -0.15) is 5.10 Å². The number of nitrogens with two attached hydrogens (primary N) is 1. The molecule has 0 fully saturated rings. The summed E-state index contributed by atoms with van der Waals surface area (Å²) in [5.74, 6) is -0.465. The van der Waals surface area contributed by atoms with Crippen LogP contribution in [0.1, 0.15) is 33.3 Å². The second-order valence-corrected chi connectivity index (χ2v) is 7.01. The minimum absolute atomic E-state index is 0.184. The van der Waals surface area contributed by atoms with Crippen LogP contribution in [0, 0.1) is 5.82 Å². The standard InChI is InChI=1S/C18H21FN4OS/c1-23-16(6-7-21-23)17-9-13(11-25-17)18(24)22-14(10-20)8-12-4-2-3-5-15(12)19/h2-5,7,9,11,14,16H,6,8,10,20H2,1H3,(H,22,24)/t14-,16?/m0/s1. The maximum atomic E-state index is 13.8. The first kappa shape index (κ1) is 17.6. The number of nitrogens with one attached hydrogen (secondary N) is 1. The Morgan fingerprint density at radius 3 is 3.00 bits per heavy atom. The fourth-order valence-electron chi connectivity index (χ4n) is 2.85. The Hall–Kier alpha value is -2.25. The molecule has 3 rings (SSSR count). The highest BCUT2D eigenvalue weighted by molar-refractivity contribution is 7.10. The lowest BCUT2D eigenvalue weighted by Crippen LogP contribution is -2.41. The first-order chi connectivity index (χ1) is 12.1. The zero-order chi connectivity index (χ0) is 17.8. The predicted octanol–water partition coefficient (Wildman–Crippen LogP) is 2.55. The average Bonchev–Trinajstić information content (AvgIpc) is 3.24. The number of thiophene rings is 1. The zero-order valence-corrected chi connectivity index (χ0v) is 14.8. The van der Waals surface area contributed by atoms with Gasteiger partial charge in [0, 0.05) is 42.5 Å². The molecule has 2 aromatic rings. The van der Waals surface area contributed by atoms with E-state index < -0.39 is 0 Å². The smallest absolute Gasteiger partial charge is 0.252 e. The van der Waals surface area contributed by atoms with Gasteiger partial charge in [0.2, 0.25) is 0 Å². The van der Waals surface area contributed by atoms with E-state index in [1.54, 1.807) is 29.5 Å². The van der Waals surface area contributed by atoms with Gasteiger partial charge in [0.25, 0.3) is 5.91 Å².